The fourth-order valence-electron chi connectivity index (χ4n) is 1.88. The lowest BCUT2D eigenvalue weighted by molar-refractivity contribution is -0.117. The number of rotatable bonds is 5. The molecule has 0 saturated carbocycles. The Labute approximate surface area is 141 Å². The Morgan fingerprint density at radius 1 is 1.22 bits per heavy atom. The van der Waals surface area contributed by atoms with Crippen LogP contribution in [0.25, 0.3) is 0 Å². The molecule has 0 saturated heterocycles. The molecule has 0 aliphatic heterocycles. The zero-order chi connectivity index (χ0) is 17.0. The molecular weight excluding hydrogens is 344 g/mol. The number of hydrogen-bond acceptors (Lipinski definition) is 3. The van der Waals surface area contributed by atoms with Crippen LogP contribution in [0.4, 0.5) is 10.1 Å². The average molecular weight is 356 g/mol. The number of carbonyl (C=O) groups excluding carboxylic acids is 2. The van der Waals surface area contributed by atoms with Gasteiger partial charge in [-0.1, -0.05) is 23.2 Å². The highest BCUT2D eigenvalue weighted by molar-refractivity contribution is 6.41. The summed E-state index contributed by atoms with van der Waals surface area (Å²) in [6.07, 6.45) is 1.23. The van der Waals surface area contributed by atoms with Crippen LogP contribution in [0, 0.1) is 5.82 Å². The number of halogens is 3. The number of aromatic nitrogens is 1. The van der Waals surface area contributed by atoms with Gasteiger partial charge in [0.05, 0.1) is 10.6 Å². The third-order valence-corrected chi connectivity index (χ3v) is 3.69. The van der Waals surface area contributed by atoms with Gasteiger partial charge in [-0.2, -0.15) is 0 Å². The molecule has 5 nitrogen and oxygen atoms in total. The average Bonchev–Trinajstić information content (AvgIpc) is 2.51. The molecule has 0 atom stereocenters. The third kappa shape index (κ3) is 4.40. The van der Waals surface area contributed by atoms with Gasteiger partial charge in [0, 0.05) is 24.8 Å². The second kappa shape index (κ2) is 7.39. The lowest BCUT2D eigenvalue weighted by Gasteiger charge is -2.22. The van der Waals surface area contributed by atoms with Crippen molar-refractivity contribution < 1.29 is 14.0 Å². The maximum atomic E-state index is 13.1. The van der Waals surface area contributed by atoms with E-state index in [1.165, 1.54) is 41.4 Å². The van der Waals surface area contributed by atoms with Crippen molar-refractivity contribution in [1.82, 2.24) is 4.98 Å². The van der Waals surface area contributed by atoms with Gasteiger partial charge in [0.2, 0.25) is 5.91 Å². The van der Waals surface area contributed by atoms with Crippen LogP contribution in [0.3, 0.4) is 0 Å². The van der Waals surface area contributed by atoms with E-state index in [0.717, 1.165) is 0 Å². The van der Waals surface area contributed by atoms with E-state index in [4.69, 9.17) is 28.9 Å². The monoisotopic (exact) mass is 355 g/mol. The van der Waals surface area contributed by atoms with Gasteiger partial charge in [0.1, 0.15) is 11.0 Å². The van der Waals surface area contributed by atoms with Crippen LogP contribution in [-0.2, 0) is 4.79 Å². The molecule has 0 bridgehead atoms. The molecular formula is C15H12Cl2FN3O2. The molecule has 8 heteroatoms. The Kier molecular flexibility index (Phi) is 5.52. The molecule has 0 fully saturated rings. The Hall–Kier alpha value is -2.18. The van der Waals surface area contributed by atoms with E-state index in [2.05, 4.69) is 4.98 Å². The first-order valence-electron chi connectivity index (χ1n) is 6.55. The molecule has 1 aromatic heterocycles. The molecule has 0 aliphatic rings. The number of nitrogens with zero attached hydrogens (tertiary/aromatic N) is 2. The van der Waals surface area contributed by atoms with Gasteiger partial charge >= 0.3 is 0 Å². The molecule has 23 heavy (non-hydrogen) atoms. The van der Waals surface area contributed by atoms with Crippen LogP contribution >= 0.6 is 23.2 Å². The van der Waals surface area contributed by atoms with Gasteiger partial charge in [-0.15, -0.1) is 0 Å². The number of pyridine rings is 1. The summed E-state index contributed by atoms with van der Waals surface area (Å²) in [5, 5.41) is 0.208. The highest BCUT2D eigenvalue weighted by atomic mass is 35.5. The highest BCUT2D eigenvalue weighted by Gasteiger charge is 2.20. The molecule has 2 amide bonds. The first-order chi connectivity index (χ1) is 10.9. The lowest BCUT2D eigenvalue weighted by atomic mass is 10.2. The maximum Gasteiger partial charge on any atom is 0.259 e. The summed E-state index contributed by atoms with van der Waals surface area (Å²) in [6, 6.07) is 6.66. The third-order valence-electron chi connectivity index (χ3n) is 3.01. The zero-order valence-electron chi connectivity index (χ0n) is 11.8. The minimum atomic E-state index is -0.558. The number of carbonyl (C=O) groups is 2. The molecule has 120 valence electrons. The Morgan fingerprint density at radius 2 is 1.87 bits per heavy atom. The highest BCUT2D eigenvalue weighted by Crippen LogP contribution is 2.23. The van der Waals surface area contributed by atoms with Crippen molar-refractivity contribution in [3.05, 3.63) is 58.1 Å². The van der Waals surface area contributed by atoms with E-state index in [0.29, 0.717) is 5.69 Å². The first kappa shape index (κ1) is 17.2. The van der Waals surface area contributed by atoms with Crippen molar-refractivity contribution in [2.75, 3.05) is 11.4 Å². The summed E-state index contributed by atoms with van der Waals surface area (Å²) in [5.41, 5.74) is 5.75. The fraction of sp³-hybridized carbons (Fsp3) is 0.133. The second-order valence-corrected chi connectivity index (χ2v) is 5.41. The van der Waals surface area contributed by atoms with Gasteiger partial charge < -0.3 is 10.6 Å². The second-order valence-electron chi connectivity index (χ2n) is 4.65. The largest absolute Gasteiger partial charge is 0.370 e. The van der Waals surface area contributed by atoms with E-state index in [9.17, 15) is 14.0 Å². The molecule has 0 spiro atoms. The molecule has 1 heterocycles. The number of benzene rings is 1. The van der Waals surface area contributed by atoms with E-state index < -0.39 is 17.6 Å². The summed E-state index contributed by atoms with van der Waals surface area (Å²) in [6.45, 7) is 0.0417. The minimum absolute atomic E-state index is 0.0417. The number of anilines is 1. The van der Waals surface area contributed by atoms with E-state index in [-0.39, 0.29) is 28.7 Å². The van der Waals surface area contributed by atoms with E-state index in [1.54, 1.807) is 0 Å². The quantitative estimate of drug-likeness (QED) is 0.837. The summed E-state index contributed by atoms with van der Waals surface area (Å²) in [7, 11) is 0. The Morgan fingerprint density at radius 3 is 2.43 bits per heavy atom. The van der Waals surface area contributed by atoms with Crippen molar-refractivity contribution in [3.63, 3.8) is 0 Å². The lowest BCUT2D eigenvalue weighted by Crippen LogP contribution is -2.34. The van der Waals surface area contributed by atoms with Crippen molar-refractivity contribution in [3.8, 4) is 0 Å². The fourth-order valence-corrected chi connectivity index (χ4v) is 2.15. The Bertz CT molecular complexity index is 738. The number of nitrogens with two attached hydrogens (primary N) is 1. The molecule has 0 radical (unpaired) electrons. The SMILES string of the molecule is NC(=O)CCN(C(=O)c1cnc(Cl)c(Cl)c1)c1ccc(F)cc1. The topological polar surface area (TPSA) is 76.3 Å². The first-order valence-corrected chi connectivity index (χ1v) is 7.31. The van der Waals surface area contributed by atoms with Crippen LogP contribution in [-0.4, -0.2) is 23.3 Å². The van der Waals surface area contributed by atoms with Gasteiger partial charge in [0.15, 0.2) is 0 Å². The summed E-state index contributed by atoms with van der Waals surface area (Å²) in [4.78, 5) is 28.8. The standard InChI is InChI=1S/C15H12Cl2FN3O2/c16-12-7-9(8-20-14(12)17)15(23)21(6-5-13(19)22)11-3-1-10(18)2-4-11/h1-4,7-8H,5-6H2,(H2,19,22). The van der Waals surface area contributed by atoms with Crippen molar-refractivity contribution in [2.24, 2.45) is 5.73 Å². The van der Waals surface area contributed by atoms with Crippen molar-refractivity contribution in [2.45, 2.75) is 6.42 Å². The van der Waals surface area contributed by atoms with Crippen molar-refractivity contribution >= 4 is 40.7 Å². The van der Waals surface area contributed by atoms with E-state index >= 15 is 0 Å². The van der Waals surface area contributed by atoms with Gasteiger partial charge in [-0.25, -0.2) is 9.37 Å². The predicted molar refractivity (Wildman–Crippen MR) is 86.1 cm³/mol. The predicted octanol–water partition coefficient (Wildman–Crippen LogP) is 3.05. The van der Waals surface area contributed by atoms with Gasteiger partial charge in [-0.3, -0.25) is 9.59 Å². The molecule has 2 rings (SSSR count). The normalized spacial score (nSPS) is 10.4. The number of primary amides is 1. The smallest absolute Gasteiger partial charge is 0.259 e. The van der Waals surface area contributed by atoms with Crippen LogP contribution in [0.2, 0.25) is 10.2 Å². The van der Waals surface area contributed by atoms with E-state index in [1.807, 2.05) is 0 Å². The molecule has 0 aliphatic carbocycles. The van der Waals surface area contributed by atoms with Crippen LogP contribution in [0.15, 0.2) is 36.5 Å². The molecule has 2 N–H and O–H groups in total. The van der Waals surface area contributed by atoms with Crippen LogP contribution < -0.4 is 10.6 Å². The Balaban J connectivity index is 2.35. The van der Waals surface area contributed by atoms with Gasteiger partial charge in [-0.05, 0) is 30.3 Å². The maximum absolute atomic E-state index is 13.1. The molecule has 1 aromatic carbocycles. The van der Waals surface area contributed by atoms with Crippen LogP contribution in [0.1, 0.15) is 16.8 Å². The minimum Gasteiger partial charge on any atom is -0.370 e. The molecule has 0 unspecified atom stereocenters. The summed E-state index contributed by atoms with van der Waals surface area (Å²) < 4.78 is 13.1. The summed E-state index contributed by atoms with van der Waals surface area (Å²) in [5.74, 6) is -1.45. The van der Waals surface area contributed by atoms with Crippen LogP contribution in [0.5, 0.6) is 0 Å². The van der Waals surface area contributed by atoms with Gasteiger partial charge in [0.25, 0.3) is 5.91 Å². The summed E-state index contributed by atoms with van der Waals surface area (Å²) >= 11 is 11.6. The zero-order valence-corrected chi connectivity index (χ0v) is 13.3. The number of amides is 2. The van der Waals surface area contributed by atoms with Crippen molar-refractivity contribution in [1.29, 1.82) is 0 Å². The number of hydrogen-bond donors (Lipinski definition) is 1. The molecule has 2 aromatic rings.